The van der Waals surface area contributed by atoms with Gasteiger partial charge in [0.1, 0.15) is 6.61 Å². The quantitative estimate of drug-likeness (QED) is 0.729. The molecule has 15 heavy (non-hydrogen) atoms. The summed E-state index contributed by atoms with van der Waals surface area (Å²) in [6.45, 7) is 6.20. The first-order valence-electron chi connectivity index (χ1n) is 5.43. The zero-order valence-corrected chi connectivity index (χ0v) is 9.75. The van der Waals surface area contributed by atoms with Crippen molar-refractivity contribution < 1.29 is 14.6 Å². The lowest BCUT2D eigenvalue weighted by Gasteiger charge is -2.32. The van der Waals surface area contributed by atoms with Crippen molar-refractivity contribution in [1.29, 1.82) is 0 Å². The van der Waals surface area contributed by atoms with E-state index in [0.29, 0.717) is 5.41 Å². The van der Waals surface area contributed by atoms with Crippen LogP contribution in [0.5, 0.6) is 0 Å². The van der Waals surface area contributed by atoms with E-state index in [-0.39, 0.29) is 12.7 Å². The summed E-state index contributed by atoms with van der Waals surface area (Å²) in [7, 11) is 0. The fraction of sp³-hybridized carbons (Fsp3) is 0.750. The van der Waals surface area contributed by atoms with Gasteiger partial charge in [-0.25, -0.2) is 4.79 Å². The Kier molecular flexibility index (Phi) is 3.91. The Morgan fingerprint density at radius 1 is 1.67 bits per heavy atom. The van der Waals surface area contributed by atoms with Crippen LogP contribution in [0.2, 0.25) is 0 Å². The van der Waals surface area contributed by atoms with E-state index >= 15 is 0 Å². The van der Waals surface area contributed by atoms with E-state index in [4.69, 9.17) is 9.84 Å². The Morgan fingerprint density at radius 2 is 2.33 bits per heavy atom. The van der Waals surface area contributed by atoms with Crippen molar-refractivity contribution in [2.45, 2.75) is 46.1 Å². The molecule has 1 aliphatic rings. The highest BCUT2D eigenvalue weighted by Crippen LogP contribution is 2.36. The third-order valence-corrected chi connectivity index (χ3v) is 2.89. The molecule has 0 saturated carbocycles. The molecule has 1 atom stereocenters. The van der Waals surface area contributed by atoms with E-state index in [9.17, 15) is 4.79 Å². The second-order valence-electron chi connectivity index (χ2n) is 5.01. The second kappa shape index (κ2) is 4.79. The molecule has 3 heteroatoms. The summed E-state index contributed by atoms with van der Waals surface area (Å²) in [5.41, 5.74) is 1.57. The average Bonchev–Trinajstić information content (AvgIpc) is 2.12. The predicted octanol–water partition coefficient (Wildman–Crippen LogP) is 2.61. The van der Waals surface area contributed by atoms with Gasteiger partial charge in [0.25, 0.3) is 0 Å². The van der Waals surface area contributed by atoms with Crippen molar-refractivity contribution in [3.63, 3.8) is 0 Å². The summed E-state index contributed by atoms with van der Waals surface area (Å²) in [6.07, 6.45) is 5.40. The highest BCUT2D eigenvalue weighted by molar-refractivity contribution is 5.68. The molecular weight excluding hydrogens is 192 g/mol. The molecular formula is C12H20O3. The SMILES string of the molecule is CC(OCC(=O)O)C1=CCCC(C)(C)C1. The fourth-order valence-corrected chi connectivity index (χ4v) is 1.97. The predicted molar refractivity (Wildman–Crippen MR) is 58.8 cm³/mol. The second-order valence-corrected chi connectivity index (χ2v) is 5.01. The van der Waals surface area contributed by atoms with Gasteiger partial charge in [-0.05, 0) is 37.2 Å². The van der Waals surface area contributed by atoms with Gasteiger partial charge in [-0.2, -0.15) is 0 Å². The number of carboxylic acids is 1. The normalized spacial score (nSPS) is 21.9. The standard InChI is InChI=1S/C12H20O3/c1-9(15-8-11(13)14)10-5-4-6-12(2,3)7-10/h5,9H,4,6-8H2,1-3H3,(H,13,14). The van der Waals surface area contributed by atoms with Crippen molar-refractivity contribution in [2.24, 2.45) is 5.41 Å². The minimum atomic E-state index is -0.905. The molecule has 86 valence electrons. The Labute approximate surface area is 91.1 Å². The maximum absolute atomic E-state index is 10.4. The van der Waals surface area contributed by atoms with Gasteiger partial charge in [0.2, 0.25) is 0 Å². The van der Waals surface area contributed by atoms with Crippen molar-refractivity contribution >= 4 is 5.97 Å². The number of hydrogen-bond acceptors (Lipinski definition) is 2. The molecule has 0 aromatic rings. The lowest BCUT2D eigenvalue weighted by Crippen LogP contribution is -2.24. The van der Waals surface area contributed by atoms with Crippen molar-refractivity contribution in [3.05, 3.63) is 11.6 Å². The van der Waals surface area contributed by atoms with Crippen LogP contribution in [-0.4, -0.2) is 23.8 Å². The van der Waals surface area contributed by atoms with Gasteiger partial charge in [0, 0.05) is 0 Å². The van der Waals surface area contributed by atoms with Crippen LogP contribution in [0.1, 0.15) is 40.0 Å². The lowest BCUT2D eigenvalue weighted by molar-refractivity contribution is -0.143. The van der Waals surface area contributed by atoms with E-state index < -0.39 is 5.97 Å². The molecule has 1 N–H and O–H groups in total. The molecule has 0 saturated heterocycles. The molecule has 0 amide bonds. The number of aliphatic carboxylic acids is 1. The topological polar surface area (TPSA) is 46.5 Å². The third-order valence-electron chi connectivity index (χ3n) is 2.89. The number of carboxylic acid groups (broad SMARTS) is 1. The molecule has 3 nitrogen and oxygen atoms in total. The molecule has 0 aliphatic heterocycles. The third kappa shape index (κ3) is 4.04. The Morgan fingerprint density at radius 3 is 2.87 bits per heavy atom. The number of ether oxygens (including phenoxy) is 1. The monoisotopic (exact) mass is 212 g/mol. The van der Waals surface area contributed by atoms with Crippen molar-refractivity contribution in [2.75, 3.05) is 6.61 Å². The summed E-state index contributed by atoms with van der Waals surface area (Å²) in [4.78, 5) is 10.4. The number of carbonyl (C=O) groups is 1. The summed E-state index contributed by atoms with van der Waals surface area (Å²) < 4.78 is 5.27. The first-order chi connectivity index (χ1) is 6.91. The molecule has 0 bridgehead atoms. The molecule has 0 spiro atoms. The summed E-state index contributed by atoms with van der Waals surface area (Å²) >= 11 is 0. The highest BCUT2D eigenvalue weighted by Gasteiger charge is 2.25. The number of rotatable bonds is 4. The lowest BCUT2D eigenvalue weighted by atomic mass is 9.76. The van der Waals surface area contributed by atoms with Gasteiger partial charge in [0.05, 0.1) is 6.10 Å². The molecule has 1 rings (SSSR count). The Hall–Kier alpha value is -0.830. The summed E-state index contributed by atoms with van der Waals surface area (Å²) in [5.74, 6) is -0.905. The zero-order valence-electron chi connectivity index (χ0n) is 9.75. The molecule has 1 unspecified atom stereocenters. The average molecular weight is 212 g/mol. The van der Waals surface area contributed by atoms with E-state index in [1.54, 1.807) is 0 Å². The van der Waals surface area contributed by atoms with Crippen LogP contribution in [0.15, 0.2) is 11.6 Å². The zero-order chi connectivity index (χ0) is 11.5. The largest absolute Gasteiger partial charge is 0.480 e. The maximum Gasteiger partial charge on any atom is 0.329 e. The van der Waals surface area contributed by atoms with Gasteiger partial charge < -0.3 is 9.84 Å². The minimum absolute atomic E-state index is 0.0688. The van der Waals surface area contributed by atoms with E-state index in [1.807, 2.05) is 6.92 Å². The van der Waals surface area contributed by atoms with E-state index in [0.717, 1.165) is 12.8 Å². The Balaban J connectivity index is 2.49. The molecule has 0 aromatic heterocycles. The van der Waals surface area contributed by atoms with Gasteiger partial charge in [0.15, 0.2) is 0 Å². The summed E-state index contributed by atoms with van der Waals surface area (Å²) in [5, 5.41) is 8.52. The smallest absolute Gasteiger partial charge is 0.329 e. The highest BCUT2D eigenvalue weighted by atomic mass is 16.5. The molecule has 0 aromatic carbocycles. The first-order valence-corrected chi connectivity index (χ1v) is 5.43. The number of hydrogen-bond donors (Lipinski definition) is 1. The summed E-state index contributed by atoms with van der Waals surface area (Å²) in [6, 6.07) is 0. The van der Waals surface area contributed by atoms with Crippen LogP contribution >= 0.6 is 0 Å². The van der Waals surface area contributed by atoms with Crippen LogP contribution in [0.3, 0.4) is 0 Å². The Bertz CT molecular complexity index is 266. The molecule has 0 radical (unpaired) electrons. The van der Waals surface area contributed by atoms with Crippen LogP contribution in [-0.2, 0) is 9.53 Å². The maximum atomic E-state index is 10.4. The van der Waals surface area contributed by atoms with E-state index in [2.05, 4.69) is 19.9 Å². The minimum Gasteiger partial charge on any atom is -0.480 e. The van der Waals surface area contributed by atoms with Gasteiger partial charge in [-0.1, -0.05) is 19.9 Å². The number of allylic oxidation sites excluding steroid dienone is 1. The van der Waals surface area contributed by atoms with Gasteiger partial charge in [-0.15, -0.1) is 0 Å². The molecule has 0 fully saturated rings. The van der Waals surface area contributed by atoms with Gasteiger partial charge >= 0.3 is 5.97 Å². The molecule has 1 aliphatic carbocycles. The first kappa shape index (κ1) is 12.2. The van der Waals surface area contributed by atoms with Crippen LogP contribution in [0, 0.1) is 5.41 Å². The van der Waals surface area contributed by atoms with Crippen LogP contribution in [0.4, 0.5) is 0 Å². The molecule has 0 heterocycles. The van der Waals surface area contributed by atoms with E-state index in [1.165, 1.54) is 12.0 Å². The van der Waals surface area contributed by atoms with Crippen LogP contribution in [0.25, 0.3) is 0 Å². The van der Waals surface area contributed by atoms with Crippen molar-refractivity contribution in [1.82, 2.24) is 0 Å². The van der Waals surface area contributed by atoms with Crippen LogP contribution < -0.4 is 0 Å². The van der Waals surface area contributed by atoms with Crippen molar-refractivity contribution in [3.8, 4) is 0 Å². The fourth-order valence-electron chi connectivity index (χ4n) is 1.97. The van der Waals surface area contributed by atoms with Gasteiger partial charge in [-0.3, -0.25) is 0 Å².